The molecule has 146 valence electrons. The molecule has 0 radical (unpaired) electrons. The van der Waals surface area contributed by atoms with Crippen molar-refractivity contribution in [3.05, 3.63) is 22.7 Å². The lowest BCUT2D eigenvalue weighted by atomic mass is 9.82. The number of halogens is 1. The Labute approximate surface area is 164 Å². The van der Waals surface area contributed by atoms with Crippen molar-refractivity contribution >= 4 is 17.6 Å². The molecule has 1 aromatic rings. The third-order valence-corrected chi connectivity index (χ3v) is 6.44. The first-order valence-electron chi connectivity index (χ1n) is 9.99. The van der Waals surface area contributed by atoms with Gasteiger partial charge in [-0.3, -0.25) is 0 Å². The Hall–Kier alpha value is -1.66. The van der Waals surface area contributed by atoms with E-state index < -0.39 is 0 Å². The highest BCUT2D eigenvalue weighted by Crippen LogP contribution is 2.47. The maximum absolute atomic E-state index is 6.36. The van der Waals surface area contributed by atoms with Crippen molar-refractivity contribution in [2.45, 2.75) is 38.5 Å². The van der Waals surface area contributed by atoms with E-state index in [9.17, 15) is 0 Å². The molecule has 0 aromatic heterocycles. The molecule has 4 atom stereocenters. The molecule has 27 heavy (non-hydrogen) atoms. The van der Waals surface area contributed by atoms with Gasteiger partial charge in [0.25, 0.3) is 0 Å². The summed E-state index contributed by atoms with van der Waals surface area (Å²) in [7, 11) is 0. The minimum Gasteiger partial charge on any atom is -0.486 e. The van der Waals surface area contributed by atoms with Gasteiger partial charge in [-0.2, -0.15) is 0 Å². The van der Waals surface area contributed by atoms with E-state index in [2.05, 4.69) is 17.1 Å². The fourth-order valence-corrected chi connectivity index (χ4v) is 5.27. The molecule has 1 aromatic carbocycles. The van der Waals surface area contributed by atoms with Crippen molar-refractivity contribution < 1.29 is 14.2 Å². The second-order valence-corrected chi connectivity index (χ2v) is 8.20. The van der Waals surface area contributed by atoms with Crippen LogP contribution in [-0.4, -0.2) is 55.9 Å². The normalized spacial score (nSPS) is 31.3. The van der Waals surface area contributed by atoms with Crippen molar-refractivity contribution in [3.63, 3.8) is 0 Å². The van der Waals surface area contributed by atoms with Gasteiger partial charge in [0.05, 0.1) is 23.8 Å². The Kier molecular flexibility index (Phi) is 4.56. The number of guanidine groups is 1. The minimum atomic E-state index is 0.462. The number of likely N-dealkylation sites (tertiary alicyclic amines) is 1. The van der Waals surface area contributed by atoms with Crippen molar-refractivity contribution in [2.75, 3.05) is 32.8 Å². The van der Waals surface area contributed by atoms with Crippen LogP contribution in [0.25, 0.3) is 0 Å². The molecule has 4 aliphatic heterocycles. The number of aliphatic imine (C=N–C) groups is 1. The van der Waals surface area contributed by atoms with Crippen molar-refractivity contribution in [3.8, 4) is 11.5 Å². The number of ether oxygens (including phenoxy) is 3. The van der Waals surface area contributed by atoms with Gasteiger partial charge in [0, 0.05) is 31.5 Å². The quantitative estimate of drug-likeness (QED) is 0.634. The number of benzene rings is 1. The summed E-state index contributed by atoms with van der Waals surface area (Å²) in [5.74, 6) is 3.67. The van der Waals surface area contributed by atoms with Crippen LogP contribution in [0.3, 0.4) is 0 Å². The summed E-state index contributed by atoms with van der Waals surface area (Å²) < 4.78 is 17.4. The van der Waals surface area contributed by atoms with E-state index in [1.54, 1.807) is 0 Å². The fraction of sp³-hybridized carbons (Fsp3) is 0.650. The second kappa shape index (κ2) is 7.06. The van der Waals surface area contributed by atoms with Crippen molar-refractivity contribution in [2.24, 2.45) is 16.8 Å². The molecule has 4 unspecified atom stereocenters. The lowest BCUT2D eigenvalue weighted by molar-refractivity contribution is 0.0767. The average Bonchev–Trinajstić information content (AvgIpc) is 3.38. The molecule has 4 aliphatic rings. The lowest BCUT2D eigenvalue weighted by Gasteiger charge is -2.23. The third kappa shape index (κ3) is 3.13. The summed E-state index contributed by atoms with van der Waals surface area (Å²) in [5.41, 5.74) is 1.03. The largest absolute Gasteiger partial charge is 0.486 e. The summed E-state index contributed by atoms with van der Waals surface area (Å²) in [5, 5.41) is 4.05. The van der Waals surface area contributed by atoms with Crippen LogP contribution >= 0.6 is 11.6 Å². The van der Waals surface area contributed by atoms with Gasteiger partial charge in [-0.25, -0.2) is 4.99 Å². The number of nitrogens with zero attached hydrogens (tertiary/aromatic N) is 2. The molecule has 2 bridgehead atoms. The zero-order chi connectivity index (χ0) is 18.4. The lowest BCUT2D eigenvalue weighted by Crippen LogP contribution is -2.41. The van der Waals surface area contributed by atoms with Crippen LogP contribution in [0.2, 0.25) is 5.02 Å². The number of hydrogen-bond acceptors (Lipinski definition) is 4. The predicted octanol–water partition coefficient (Wildman–Crippen LogP) is 2.69. The molecule has 4 heterocycles. The summed E-state index contributed by atoms with van der Waals surface area (Å²) >= 11 is 6.36. The van der Waals surface area contributed by atoms with Gasteiger partial charge in [0.2, 0.25) is 0 Å². The molecule has 0 amide bonds. The molecule has 6 nitrogen and oxygen atoms in total. The van der Waals surface area contributed by atoms with Gasteiger partial charge >= 0.3 is 0 Å². The maximum Gasteiger partial charge on any atom is 0.194 e. The molecular formula is C20H26ClN3O3. The molecule has 0 saturated carbocycles. The first-order chi connectivity index (χ1) is 13.2. The Bertz CT molecular complexity index is 738. The van der Waals surface area contributed by atoms with Crippen LogP contribution in [0.15, 0.2) is 17.1 Å². The number of nitrogens with one attached hydrogen (secondary N) is 1. The van der Waals surface area contributed by atoms with Crippen LogP contribution in [-0.2, 0) is 11.3 Å². The summed E-state index contributed by atoms with van der Waals surface area (Å²) in [6.45, 7) is 6.71. The van der Waals surface area contributed by atoms with Crippen LogP contribution in [0, 0.1) is 11.8 Å². The first kappa shape index (κ1) is 17.4. The van der Waals surface area contributed by atoms with E-state index in [1.807, 2.05) is 12.1 Å². The highest BCUT2D eigenvalue weighted by atomic mass is 35.5. The van der Waals surface area contributed by atoms with Gasteiger partial charge in [0.15, 0.2) is 17.5 Å². The summed E-state index contributed by atoms with van der Waals surface area (Å²) in [6, 6.07) is 3.91. The Morgan fingerprint density at radius 2 is 1.93 bits per heavy atom. The van der Waals surface area contributed by atoms with Crippen molar-refractivity contribution in [1.82, 2.24) is 10.2 Å². The van der Waals surface area contributed by atoms with E-state index in [0.717, 1.165) is 31.2 Å². The number of hydrogen-bond donors (Lipinski definition) is 1. The molecule has 0 aliphatic carbocycles. The predicted molar refractivity (Wildman–Crippen MR) is 104 cm³/mol. The molecule has 0 spiro atoms. The Balaban J connectivity index is 1.32. The Morgan fingerprint density at radius 3 is 2.67 bits per heavy atom. The van der Waals surface area contributed by atoms with Gasteiger partial charge in [0.1, 0.15) is 13.2 Å². The smallest absolute Gasteiger partial charge is 0.194 e. The maximum atomic E-state index is 6.36. The third-order valence-electron chi connectivity index (χ3n) is 6.16. The van der Waals surface area contributed by atoms with Gasteiger partial charge < -0.3 is 24.4 Å². The van der Waals surface area contributed by atoms with Gasteiger partial charge in [-0.05, 0) is 37.5 Å². The number of rotatable bonds is 3. The SMILES string of the molecule is CCNC(=NCc1cc(Cl)c2c(c1)OCCO2)N1CC2C3CCC(O3)C2C1. The monoisotopic (exact) mass is 391 g/mol. The van der Waals surface area contributed by atoms with E-state index in [-0.39, 0.29) is 0 Å². The minimum absolute atomic E-state index is 0.462. The van der Waals surface area contributed by atoms with Gasteiger partial charge in [-0.15, -0.1) is 0 Å². The molecule has 3 saturated heterocycles. The Morgan fingerprint density at radius 1 is 1.19 bits per heavy atom. The molecule has 3 fully saturated rings. The second-order valence-electron chi connectivity index (χ2n) is 7.80. The molecule has 1 N–H and O–H groups in total. The zero-order valence-corrected chi connectivity index (χ0v) is 16.4. The van der Waals surface area contributed by atoms with Crippen LogP contribution in [0.5, 0.6) is 11.5 Å². The molecular weight excluding hydrogens is 366 g/mol. The van der Waals surface area contributed by atoms with Crippen molar-refractivity contribution in [1.29, 1.82) is 0 Å². The molecule has 7 heteroatoms. The van der Waals surface area contributed by atoms with E-state index in [1.165, 1.54) is 12.8 Å². The summed E-state index contributed by atoms with van der Waals surface area (Å²) in [6.07, 6.45) is 3.38. The highest BCUT2D eigenvalue weighted by molar-refractivity contribution is 6.32. The van der Waals surface area contributed by atoms with Gasteiger partial charge in [-0.1, -0.05) is 11.6 Å². The van der Waals surface area contributed by atoms with Crippen LogP contribution in [0.4, 0.5) is 0 Å². The van der Waals surface area contributed by atoms with E-state index >= 15 is 0 Å². The van der Waals surface area contributed by atoms with Crippen LogP contribution < -0.4 is 14.8 Å². The van der Waals surface area contributed by atoms with E-state index in [4.69, 9.17) is 30.8 Å². The summed E-state index contributed by atoms with van der Waals surface area (Å²) in [4.78, 5) is 7.30. The number of fused-ring (bicyclic) bond motifs is 6. The fourth-order valence-electron chi connectivity index (χ4n) is 4.98. The van der Waals surface area contributed by atoms with Crippen LogP contribution in [0.1, 0.15) is 25.3 Å². The first-order valence-corrected chi connectivity index (χ1v) is 10.4. The van der Waals surface area contributed by atoms with E-state index in [0.29, 0.717) is 60.3 Å². The zero-order valence-electron chi connectivity index (χ0n) is 15.6. The molecule has 5 rings (SSSR count). The average molecular weight is 392 g/mol. The topological polar surface area (TPSA) is 55.3 Å². The standard InChI is InChI=1S/C20H26ClN3O3/c1-2-22-20(24-10-13-14(11-24)17-4-3-16(13)27-17)23-9-12-7-15(21)19-18(8-12)25-5-6-26-19/h7-8,13-14,16-17H,2-6,9-11H2,1H3,(H,22,23). The highest BCUT2D eigenvalue weighted by Gasteiger charge is 2.53.